The Labute approximate surface area is 140 Å². The summed E-state index contributed by atoms with van der Waals surface area (Å²) in [7, 11) is 0. The summed E-state index contributed by atoms with van der Waals surface area (Å²) >= 11 is 0. The van der Waals surface area contributed by atoms with Gasteiger partial charge >= 0.3 is 0 Å². The van der Waals surface area contributed by atoms with Crippen molar-refractivity contribution < 1.29 is 4.79 Å². The van der Waals surface area contributed by atoms with Crippen molar-refractivity contribution in [1.82, 2.24) is 29.9 Å². The largest absolute Gasteiger partial charge is 0.350 e. The Morgan fingerprint density at radius 1 is 1.25 bits per heavy atom. The van der Waals surface area contributed by atoms with E-state index in [9.17, 15) is 4.79 Å². The van der Waals surface area contributed by atoms with Gasteiger partial charge in [-0.05, 0) is 37.1 Å². The first-order valence-corrected chi connectivity index (χ1v) is 7.85. The average molecular weight is 324 g/mol. The Balaban J connectivity index is 1.54. The topological polar surface area (TPSA) is 77.6 Å². The van der Waals surface area contributed by atoms with Gasteiger partial charge in [-0.1, -0.05) is 12.1 Å². The van der Waals surface area contributed by atoms with Gasteiger partial charge in [0.05, 0.1) is 17.9 Å². The zero-order valence-corrected chi connectivity index (χ0v) is 13.8. The predicted molar refractivity (Wildman–Crippen MR) is 89.5 cm³/mol. The van der Waals surface area contributed by atoms with E-state index < -0.39 is 0 Å². The maximum absolute atomic E-state index is 12.1. The van der Waals surface area contributed by atoms with E-state index >= 15 is 0 Å². The molecule has 3 rings (SSSR count). The van der Waals surface area contributed by atoms with Crippen LogP contribution in [0.2, 0.25) is 0 Å². The molecule has 0 radical (unpaired) electrons. The van der Waals surface area contributed by atoms with Gasteiger partial charge in [-0.25, -0.2) is 9.67 Å². The number of carbonyl (C=O) groups excluding carboxylic acids is 1. The maximum Gasteiger partial charge on any atom is 0.222 e. The Morgan fingerprint density at radius 2 is 2.04 bits per heavy atom. The van der Waals surface area contributed by atoms with Gasteiger partial charge < -0.3 is 5.32 Å². The Hall–Kier alpha value is -2.96. The van der Waals surface area contributed by atoms with Crippen molar-refractivity contribution in [3.63, 3.8) is 0 Å². The van der Waals surface area contributed by atoms with E-state index in [2.05, 4.69) is 20.5 Å². The molecule has 124 valence electrons. The van der Waals surface area contributed by atoms with Crippen molar-refractivity contribution in [3.8, 4) is 5.69 Å². The number of hydrogen-bond donors (Lipinski definition) is 1. The van der Waals surface area contributed by atoms with E-state index in [0.717, 1.165) is 16.8 Å². The smallest absolute Gasteiger partial charge is 0.222 e. The lowest BCUT2D eigenvalue weighted by Gasteiger charge is -2.15. The molecule has 3 aromatic rings. The fraction of sp³-hybridized carbons (Fsp3) is 0.294. The first-order valence-electron chi connectivity index (χ1n) is 7.85. The third-order valence-electron chi connectivity index (χ3n) is 3.78. The fourth-order valence-corrected chi connectivity index (χ4v) is 2.46. The number of nitrogens with one attached hydrogen (secondary N) is 1. The number of hydrogen-bond acceptors (Lipinski definition) is 4. The second-order valence-corrected chi connectivity index (χ2v) is 5.75. The molecule has 0 bridgehead atoms. The minimum absolute atomic E-state index is 0.0102. The molecular weight excluding hydrogens is 304 g/mol. The summed E-state index contributed by atoms with van der Waals surface area (Å²) in [6.45, 7) is 4.53. The van der Waals surface area contributed by atoms with Crippen LogP contribution in [-0.2, 0) is 11.3 Å². The first kappa shape index (κ1) is 15.9. The zero-order valence-electron chi connectivity index (χ0n) is 13.8. The molecule has 24 heavy (non-hydrogen) atoms. The molecule has 1 aromatic carbocycles. The SMILES string of the molecule is Cc1cnn(CCC(=O)NC(C)c2ccc(-n3cncn3)cc2)c1. The van der Waals surface area contributed by atoms with Gasteiger partial charge in [0.2, 0.25) is 5.91 Å². The van der Waals surface area contributed by atoms with Gasteiger partial charge in [0.1, 0.15) is 12.7 Å². The molecule has 7 heteroatoms. The van der Waals surface area contributed by atoms with Crippen molar-refractivity contribution in [2.45, 2.75) is 32.9 Å². The lowest BCUT2D eigenvalue weighted by atomic mass is 10.1. The second kappa shape index (κ2) is 7.08. The van der Waals surface area contributed by atoms with E-state index in [1.54, 1.807) is 21.9 Å². The molecule has 0 fully saturated rings. The normalized spacial score (nSPS) is 12.1. The van der Waals surface area contributed by atoms with Crippen molar-refractivity contribution in [2.24, 2.45) is 0 Å². The summed E-state index contributed by atoms with van der Waals surface area (Å²) in [6, 6.07) is 7.83. The molecule has 2 aromatic heterocycles. The molecule has 0 aliphatic rings. The maximum atomic E-state index is 12.1. The van der Waals surface area contributed by atoms with Crippen LogP contribution in [0.5, 0.6) is 0 Å². The summed E-state index contributed by atoms with van der Waals surface area (Å²) in [5.74, 6) is 0.0102. The molecule has 1 amide bonds. The highest BCUT2D eigenvalue weighted by Gasteiger charge is 2.10. The van der Waals surface area contributed by atoms with E-state index in [-0.39, 0.29) is 11.9 Å². The van der Waals surface area contributed by atoms with Gasteiger partial charge in [-0.2, -0.15) is 10.2 Å². The lowest BCUT2D eigenvalue weighted by molar-refractivity contribution is -0.122. The standard InChI is InChI=1S/C17H20N6O/c1-13-9-19-22(10-13)8-7-17(24)21-14(2)15-3-5-16(6-4-15)23-12-18-11-20-23/h3-6,9-12,14H,7-8H2,1-2H3,(H,21,24). The van der Waals surface area contributed by atoms with Crippen LogP contribution in [0.1, 0.15) is 30.5 Å². The second-order valence-electron chi connectivity index (χ2n) is 5.75. The number of rotatable bonds is 6. The van der Waals surface area contributed by atoms with E-state index in [4.69, 9.17) is 0 Å². The lowest BCUT2D eigenvalue weighted by Crippen LogP contribution is -2.27. The molecule has 1 unspecified atom stereocenters. The number of nitrogens with zero attached hydrogens (tertiary/aromatic N) is 5. The van der Waals surface area contributed by atoms with Crippen molar-refractivity contribution in [2.75, 3.05) is 0 Å². The summed E-state index contributed by atoms with van der Waals surface area (Å²) in [5, 5.41) is 11.3. The van der Waals surface area contributed by atoms with Crippen molar-refractivity contribution >= 4 is 5.91 Å². The fourth-order valence-electron chi connectivity index (χ4n) is 2.46. The van der Waals surface area contributed by atoms with Gasteiger partial charge in [0.15, 0.2) is 0 Å². The third-order valence-corrected chi connectivity index (χ3v) is 3.78. The summed E-state index contributed by atoms with van der Waals surface area (Å²) < 4.78 is 3.48. The highest BCUT2D eigenvalue weighted by atomic mass is 16.1. The molecule has 0 aliphatic heterocycles. The summed E-state index contributed by atoms with van der Waals surface area (Å²) in [4.78, 5) is 16.0. The zero-order chi connectivity index (χ0) is 16.9. The molecule has 0 saturated heterocycles. The van der Waals surface area contributed by atoms with Crippen LogP contribution < -0.4 is 5.32 Å². The average Bonchev–Trinajstić information content (AvgIpc) is 3.25. The van der Waals surface area contributed by atoms with E-state index in [1.807, 2.05) is 44.3 Å². The van der Waals surface area contributed by atoms with Crippen LogP contribution in [-0.4, -0.2) is 30.5 Å². The predicted octanol–water partition coefficient (Wildman–Crippen LogP) is 2.04. The summed E-state index contributed by atoms with van der Waals surface area (Å²) in [6.07, 6.45) is 7.27. The van der Waals surface area contributed by atoms with Crippen LogP contribution >= 0.6 is 0 Å². The Bertz CT molecular complexity index is 791. The molecule has 0 aliphatic carbocycles. The van der Waals surface area contributed by atoms with Gasteiger partial charge in [0.25, 0.3) is 0 Å². The molecule has 0 saturated carbocycles. The van der Waals surface area contributed by atoms with Gasteiger partial charge in [-0.3, -0.25) is 9.48 Å². The number of amides is 1. The van der Waals surface area contributed by atoms with Crippen LogP contribution in [0.25, 0.3) is 5.69 Å². The number of benzene rings is 1. The molecule has 7 nitrogen and oxygen atoms in total. The number of aromatic nitrogens is 5. The molecule has 2 heterocycles. The quantitative estimate of drug-likeness (QED) is 0.753. The van der Waals surface area contributed by atoms with Gasteiger partial charge in [-0.15, -0.1) is 0 Å². The van der Waals surface area contributed by atoms with Gasteiger partial charge in [0, 0.05) is 19.2 Å². The third kappa shape index (κ3) is 3.87. The minimum Gasteiger partial charge on any atom is -0.350 e. The van der Waals surface area contributed by atoms with Crippen LogP contribution in [0.3, 0.4) is 0 Å². The highest BCUT2D eigenvalue weighted by molar-refractivity contribution is 5.76. The van der Waals surface area contributed by atoms with Crippen LogP contribution in [0.4, 0.5) is 0 Å². The van der Waals surface area contributed by atoms with Crippen LogP contribution in [0.15, 0.2) is 49.3 Å². The molecule has 1 atom stereocenters. The monoisotopic (exact) mass is 324 g/mol. The number of carbonyl (C=O) groups is 1. The van der Waals surface area contributed by atoms with E-state index in [1.165, 1.54) is 6.33 Å². The molecule has 1 N–H and O–H groups in total. The molecular formula is C17H20N6O. The summed E-state index contributed by atoms with van der Waals surface area (Å²) in [5.41, 5.74) is 3.07. The molecule has 0 spiro atoms. The van der Waals surface area contributed by atoms with Crippen molar-refractivity contribution in [3.05, 3.63) is 60.4 Å². The van der Waals surface area contributed by atoms with Crippen molar-refractivity contribution in [1.29, 1.82) is 0 Å². The van der Waals surface area contributed by atoms with E-state index in [0.29, 0.717) is 13.0 Å². The van der Waals surface area contributed by atoms with Crippen LogP contribution in [0, 0.1) is 6.92 Å². The Kier molecular flexibility index (Phi) is 4.69. The minimum atomic E-state index is -0.0540. The number of aryl methyl sites for hydroxylation is 2. The highest BCUT2D eigenvalue weighted by Crippen LogP contribution is 2.15. The Morgan fingerprint density at radius 3 is 2.67 bits per heavy atom. The first-order chi connectivity index (χ1) is 11.6.